The molecular formula is C14H19ClN2S. The summed E-state index contributed by atoms with van der Waals surface area (Å²) in [5, 5.41) is 4.53. The molecule has 0 amide bonds. The highest BCUT2D eigenvalue weighted by Crippen LogP contribution is 2.23. The lowest BCUT2D eigenvalue weighted by Gasteiger charge is -2.24. The maximum atomic E-state index is 6.17. The highest BCUT2D eigenvalue weighted by molar-refractivity contribution is 7.80. The average molecular weight is 283 g/mol. The van der Waals surface area contributed by atoms with Crippen LogP contribution in [0.3, 0.4) is 0 Å². The fourth-order valence-electron chi connectivity index (χ4n) is 1.57. The van der Waals surface area contributed by atoms with Crippen molar-refractivity contribution in [1.82, 2.24) is 4.90 Å². The van der Waals surface area contributed by atoms with Gasteiger partial charge in [0.05, 0.1) is 10.7 Å². The van der Waals surface area contributed by atoms with Crippen LogP contribution in [-0.2, 0) is 0 Å². The highest BCUT2D eigenvalue weighted by atomic mass is 35.5. The average Bonchev–Trinajstić information content (AvgIpc) is 2.29. The van der Waals surface area contributed by atoms with Crippen molar-refractivity contribution in [3.63, 3.8) is 0 Å². The van der Waals surface area contributed by atoms with Gasteiger partial charge in [-0.25, -0.2) is 0 Å². The Morgan fingerprint density at radius 2 is 2.17 bits per heavy atom. The van der Waals surface area contributed by atoms with E-state index in [0.29, 0.717) is 10.1 Å². The van der Waals surface area contributed by atoms with E-state index in [2.05, 4.69) is 18.8 Å². The van der Waals surface area contributed by atoms with Gasteiger partial charge in [0.15, 0.2) is 5.11 Å². The second kappa shape index (κ2) is 6.76. The Morgan fingerprint density at radius 3 is 2.67 bits per heavy atom. The molecule has 0 aliphatic rings. The van der Waals surface area contributed by atoms with Crippen molar-refractivity contribution in [2.75, 3.05) is 18.4 Å². The molecule has 1 aromatic carbocycles. The Kier molecular flexibility index (Phi) is 5.63. The van der Waals surface area contributed by atoms with E-state index >= 15 is 0 Å². The number of aryl methyl sites for hydroxylation is 1. The monoisotopic (exact) mass is 282 g/mol. The quantitative estimate of drug-likeness (QED) is 0.657. The largest absolute Gasteiger partial charge is 0.345 e. The molecule has 98 valence electrons. The Bertz CT molecular complexity index is 457. The molecule has 0 atom stereocenters. The lowest BCUT2D eigenvalue weighted by molar-refractivity contribution is 0.485. The summed E-state index contributed by atoms with van der Waals surface area (Å²) in [4.78, 5) is 2.05. The van der Waals surface area contributed by atoms with Crippen LogP contribution in [-0.4, -0.2) is 23.1 Å². The Labute approximate surface area is 120 Å². The van der Waals surface area contributed by atoms with Gasteiger partial charge in [-0.15, -0.1) is 0 Å². The van der Waals surface area contributed by atoms with E-state index in [1.807, 2.05) is 36.9 Å². The first-order valence-electron chi connectivity index (χ1n) is 5.90. The van der Waals surface area contributed by atoms with E-state index in [0.717, 1.165) is 29.9 Å². The number of rotatable bonds is 4. The van der Waals surface area contributed by atoms with Crippen molar-refractivity contribution in [3.05, 3.63) is 40.9 Å². The minimum Gasteiger partial charge on any atom is -0.345 e. The zero-order valence-corrected chi connectivity index (χ0v) is 12.7. The van der Waals surface area contributed by atoms with Gasteiger partial charge in [0.1, 0.15) is 0 Å². The molecule has 0 bridgehead atoms. The van der Waals surface area contributed by atoms with Crippen LogP contribution in [0.15, 0.2) is 30.4 Å². The van der Waals surface area contributed by atoms with Crippen LogP contribution in [0.1, 0.15) is 19.4 Å². The molecule has 2 nitrogen and oxygen atoms in total. The zero-order valence-electron chi connectivity index (χ0n) is 11.1. The minimum atomic E-state index is 0.672. The van der Waals surface area contributed by atoms with E-state index in [1.165, 1.54) is 0 Å². The van der Waals surface area contributed by atoms with Crippen LogP contribution >= 0.6 is 23.8 Å². The third kappa shape index (κ3) is 4.31. The minimum absolute atomic E-state index is 0.672. The summed E-state index contributed by atoms with van der Waals surface area (Å²) in [5.41, 5.74) is 3.05. The number of thiocarbonyl (C=S) groups is 1. The smallest absolute Gasteiger partial charge is 0.173 e. The predicted molar refractivity (Wildman–Crippen MR) is 84.5 cm³/mol. The second-order valence-corrected chi connectivity index (χ2v) is 5.18. The molecule has 0 heterocycles. The van der Waals surface area contributed by atoms with Crippen LogP contribution in [0.2, 0.25) is 5.02 Å². The molecule has 0 radical (unpaired) electrons. The summed E-state index contributed by atoms with van der Waals surface area (Å²) in [6.45, 7) is 11.6. The molecule has 0 fully saturated rings. The first-order chi connectivity index (χ1) is 8.43. The number of benzene rings is 1. The molecule has 1 rings (SSSR count). The van der Waals surface area contributed by atoms with Gasteiger partial charge in [0.2, 0.25) is 0 Å². The van der Waals surface area contributed by atoms with Crippen molar-refractivity contribution in [1.29, 1.82) is 0 Å². The van der Waals surface area contributed by atoms with Crippen LogP contribution in [0.4, 0.5) is 5.69 Å². The van der Waals surface area contributed by atoms with E-state index in [9.17, 15) is 0 Å². The van der Waals surface area contributed by atoms with Crippen LogP contribution in [0, 0.1) is 6.92 Å². The molecule has 1 aromatic rings. The van der Waals surface area contributed by atoms with Gasteiger partial charge in [0, 0.05) is 13.1 Å². The highest BCUT2D eigenvalue weighted by Gasteiger charge is 2.09. The Hall–Kier alpha value is -1.06. The normalized spacial score (nSPS) is 10.0. The fourth-order valence-corrected chi connectivity index (χ4v) is 2.15. The molecule has 0 aliphatic heterocycles. The summed E-state index contributed by atoms with van der Waals surface area (Å²) in [5.74, 6) is 0. The maximum Gasteiger partial charge on any atom is 0.173 e. The van der Waals surface area contributed by atoms with Gasteiger partial charge in [0.25, 0.3) is 0 Å². The molecule has 1 N–H and O–H groups in total. The summed E-state index contributed by atoms with van der Waals surface area (Å²) < 4.78 is 0. The summed E-state index contributed by atoms with van der Waals surface area (Å²) in [6.07, 6.45) is 0. The lowest BCUT2D eigenvalue weighted by atomic mass is 10.2. The number of nitrogens with zero attached hydrogens (tertiary/aromatic N) is 1. The number of nitrogens with one attached hydrogen (secondary N) is 1. The predicted octanol–water partition coefficient (Wildman–Crippen LogP) is 4.24. The summed E-state index contributed by atoms with van der Waals surface area (Å²) in [6, 6.07) is 5.87. The molecular weight excluding hydrogens is 264 g/mol. The third-order valence-corrected chi connectivity index (χ3v) is 3.17. The number of hydrogen-bond acceptors (Lipinski definition) is 1. The van der Waals surface area contributed by atoms with Crippen LogP contribution in [0.5, 0.6) is 0 Å². The number of halogens is 1. The van der Waals surface area contributed by atoms with Gasteiger partial charge in [-0.05, 0) is 50.7 Å². The third-order valence-electron chi connectivity index (χ3n) is 2.50. The molecule has 0 aromatic heterocycles. The van der Waals surface area contributed by atoms with E-state index in [-0.39, 0.29) is 0 Å². The Morgan fingerprint density at radius 1 is 1.50 bits per heavy atom. The second-order valence-electron chi connectivity index (χ2n) is 4.38. The van der Waals surface area contributed by atoms with Gasteiger partial charge in [-0.2, -0.15) is 0 Å². The van der Waals surface area contributed by atoms with Crippen molar-refractivity contribution in [2.24, 2.45) is 0 Å². The molecule has 0 spiro atoms. The van der Waals surface area contributed by atoms with E-state index < -0.39 is 0 Å². The fraction of sp³-hybridized carbons (Fsp3) is 0.357. The van der Waals surface area contributed by atoms with Crippen molar-refractivity contribution in [2.45, 2.75) is 20.8 Å². The van der Waals surface area contributed by atoms with Crippen LogP contribution < -0.4 is 5.32 Å². The number of anilines is 1. The summed E-state index contributed by atoms with van der Waals surface area (Å²) in [7, 11) is 0. The molecule has 0 unspecified atom stereocenters. The molecule has 0 saturated carbocycles. The molecule has 18 heavy (non-hydrogen) atoms. The van der Waals surface area contributed by atoms with Gasteiger partial charge in [-0.3, -0.25) is 0 Å². The lowest BCUT2D eigenvalue weighted by Crippen LogP contribution is -2.35. The van der Waals surface area contributed by atoms with Gasteiger partial charge in [-0.1, -0.05) is 29.8 Å². The van der Waals surface area contributed by atoms with E-state index in [1.54, 1.807) is 0 Å². The summed E-state index contributed by atoms with van der Waals surface area (Å²) >= 11 is 11.6. The molecule has 4 heteroatoms. The van der Waals surface area contributed by atoms with E-state index in [4.69, 9.17) is 23.8 Å². The first kappa shape index (κ1) is 15.0. The zero-order chi connectivity index (χ0) is 13.7. The number of likely N-dealkylation sites (N-methyl/N-ethyl adjacent to an activating group) is 1. The van der Waals surface area contributed by atoms with Crippen LogP contribution in [0.25, 0.3) is 0 Å². The topological polar surface area (TPSA) is 15.3 Å². The maximum absolute atomic E-state index is 6.17. The molecule has 0 aliphatic carbocycles. The first-order valence-corrected chi connectivity index (χ1v) is 6.69. The van der Waals surface area contributed by atoms with Crippen molar-refractivity contribution in [3.8, 4) is 0 Å². The van der Waals surface area contributed by atoms with Crippen molar-refractivity contribution >= 4 is 34.6 Å². The van der Waals surface area contributed by atoms with Gasteiger partial charge >= 0.3 is 0 Å². The standard InChI is InChI=1S/C14H19ClN2S/c1-5-17(9-10(2)3)14(18)16-13-7-6-11(4)8-12(13)15/h6-8H,2,5,9H2,1,3-4H3,(H,16,18). The SMILES string of the molecule is C=C(C)CN(CC)C(=S)Nc1ccc(C)cc1Cl. The van der Waals surface area contributed by atoms with Crippen molar-refractivity contribution < 1.29 is 0 Å². The molecule has 0 saturated heterocycles. The van der Waals surface area contributed by atoms with Gasteiger partial charge < -0.3 is 10.2 Å². The number of hydrogen-bond donors (Lipinski definition) is 1. The Balaban J connectivity index is 2.76.